The Hall–Kier alpha value is -1.08. The van der Waals surface area contributed by atoms with E-state index in [-0.39, 0.29) is 5.54 Å². The lowest BCUT2D eigenvalue weighted by Crippen LogP contribution is -2.37. The van der Waals surface area contributed by atoms with Crippen LogP contribution in [0.1, 0.15) is 52.7 Å². The van der Waals surface area contributed by atoms with E-state index in [0.29, 0.717) is 5.92 Å². The maximum absolute atomic E-state index is 3.58. The van der Waals surface area contributed by atoms with Crippen molar-refractivity contribution >= 4 is 6.08 Å². The highest BCUT2D eigenvalue weighted by Gasteiger charge is 2.11. The van der Waals surface area contributed by atoms with Crippen molar-refractivity contribution in [3.63, 3.8) is 0 Å². The van der Waals surface area contributed by atoms with E-state index in [4.69, 9.17) is 0 Å². The van der Waals surface area contributed by atoms with Crippen LogP contribution in [0.4, 0.5) is 0 Å². The van der Waals surface area contributed by atoms with Gasteiger partial charge in [0.05, 0.1) is 0 Å². The summed E-state index contributed by atoms with van der Waals surface area (Å²) >= 11 is 0. The van der Waals surface area contributed by atoms with E-state index in [1.807, 2.05) is 0 Å². The van der Waals surface area contributed by atoms with Gasteiger partial charge in [-0.2, -0.15) is 0 Å². The molecule has 0 aliphatic heterocycles. The molecule has 0 atom stereocenters. The molecule has 0 heterocycles. The molecule has 0 aliphatic rings. The molecule has 1 N–H and O–H groups in total. The summed E-state index contributed by atoms with van der Waals surface area (Å²) in [6, 6.07) is 8.89. The number of aryl methyl sites for hydroxylation is 1. The SMILES string of the molecule is CCc1ccc(C=C(CNC(C)(C)C)C(C)C)cc1. The first kappa shape index (κ1) is 16.0. The second-order valence-electron chi connectivity index (χ2n) is 6.57. The zero-order chi connectivity index (χ0) is 14.5. The van der Waals surface area contributed by atoms with Crippen molar-refractivity contribution in [2.45, 2.75) is 53.5 Å². The predicted octanol–water partition coefficient (Wildman–Crippen LogP) is 4.68. The van der Waals surface area contributed by atoms with Crippen molar-refractivity contribution in [3.05, 3.63) is 41.0 Å². The zero-order valence-electron chi connectivity index (χ0n) is 13.4. The highest BCUT2D eigenvalue weighted by Crippen LogP contribution is 2.16. The Morgan fingerprint density at radius 3 is 2.16 bits per heavy atom. The molecule has 0 bridgehead atoms. The summed E-state index contributed by atoms with van der Waals surface area (Å²) in [5, 5.41) is 3.58. The van der Waals surface area contributed by atoms with Gasteiger partial charge in [0.1, 0.15) is 0 Å². The van der Waals surface area contributed by atoms with Crippen LogP contribution in [0.25, 0.3) is 6.08 Å². The molecule has 1 heteroatoms. The van der Waals surface area contributed by atoms with E-state index >= 15 is 0 Å². The van der Waals surface area contributed by atoms with Crippen LogP contribution in [0.2, 0.25) is 0 Å². The molecule has 1 nitrogen and oxygen atoms in total. The lowest BCUT2D eigenvalue weighted by molar-refractivity contribution is 0.437. The van der Waals surface area contributed by atoms with E-state index in [1.165, 1.54) is 16.7 Å². The van der Waals surface area contributed by atoms with Gasteiger partial charge in [0.2, 0.25) is 0 Å². The summed E-state index contributed by atoms with van der Waals surface area (Å²) in [7, 11) is 0. The first-order chi connectivity index (χ1) is 8.81. The molecule has 1 aromatic carbocycles. The van der Waals surface area contributed by atoms with Crippen LogP contribution < -0.4 is 5.32 Å². The molecular weight excluding hydrogens is 230 g/mol. The van der Waals surface area contributed by atoms with Crippen molar-refractivity contribution < 1.29 is 0 Å². The molecule has 0 unspecified atom stereocenters. The van der Waals surface area contributed by atoms with Gasteiger partial charge < -0.3 is 5.32 Å². The second-order valence-corrected chi connectivity index (χ2v) is 6.57. The summed E-state index contributed by atoms with van der Waals surface area (Å²) in [6.07, 6.45) is 3.43. The van der Waals surface area contributed by atoms with Crippen LogP contribution in [0, 0.1) is 5.92 Å². The molecule has 106 valence electrons. The summed E-state index contributed by atoms with van der Waals surface area (Å²) in [5.41, 5.74) is 4.33. The quantitative estimate of drug-likeness (QED) is 0.810. The summed E-state index contributed by atoms with van der Waals surface area (Å²) in [4.78, 5) is 0. The first-order valence-electron chi connectivity index (χ1n) is 7.36. The maximum atomic E-state index is 3.58. The maximum Gasteiger partial charge on any atom is 0.0175 e. The third kappa shape index (κ3) is 6.07. The molecule has 1 aromatic rings. The Bertz CT molecular complexity index is 404. The van der Waals surface area contributed by atoms with Crippen LogP contribution >= 0.6 is 0 Å². The highest BCUT2D eigenvalue weighted by molar-refractivity contribution is 5.54. The molecule has 0 amide bonds. The minimum Gasteiger partial charge on any atom is -0.308 e. The first-order valence-corrected chi connectivity index (χ1v) is 7.36. The lowest BCUT2D eigenvalue weighted by atomic mass is 9.98. The minimum absolute atomic E-state index is 0.167. The Kier molecular flexibility index (Phi) is 5.81. The van der Waals surface area contributed by atoms with Gasteiger partial charge in [-0.15, -0.1) is 0 Å². The van der Waals surface area contributed by atoms with Gasteiger partial charge in [-0.05, 0) is 44.2 Å². The molecule has 0 aromatic heterocycles. The molecule has 0 spiro atoms. The smallest absolute Gasteiger partial charge is 0.0175 e. The van der Waals surface area contributed by atoms with Crippen molar-refractivity contribution in [1.29, 1.82) is 0 Å². The van der Waals surface area contributed by atoms with Crippen molar-refractivity contribution in [1.82, 2.24) is 5.32 Å². The van der Waals surface area contributed by atoms with Crippen molar-refractivity contribution in [2.75, 3.05) is 6.54 Å². The minimum atomic E-state index is 0.167. The molecule has 0 aliphatic carbocycles. The average Bonchev–Trinajstić information content (AvgIpc) is 2.33. The van der Waals surface area contributed by atoms with Gasteiger partial charge in [-0.25, -0.2) is 0 Å². The molecule has 0 saturated carbocycles. The van der Waals surface area contributed by atoms with Gasteiger partial charge in [-0.3, -0.25) is 0 Å². The molecule has 0 saturated heterocycles. The number of nitrogens with one attached hydrogen (secondary N) is 1. The van der Waals surface area contributed by atoms with Gasteiger partial charge in [0, 0.05) is 12.1 Å². The van der Waals surface area contributed by atoms with Crippen LogP contribution in [0.15, 0.2) is 29.8 Å². The molecule has 19 heavy (non-hydrogen) atoms. The van der Waals surface area contributed by atoms with E-state index in [1.54, 1.807) is 0 Å². The molecule has 1 rings (SSSR count). The van der Waals surface area contributed by atoms with E-state index in [9.17, 15) is 0 Å². The normalized spacial score (nSPS) is 13.1. The van der Waals surface area contributed by atoms with Crippen LogP contribution in [-0.2, 0) is 6.42 Å². The number of benzene rings is 1. The number of rotatable bonds is 5. The van der Waals surface area contributed by atoms with Crippen LogP contribution in [-0.4, -0.2) is 12.1 Å². The topological polar surface area (TPSA) is 12.0 Å². The number of hydrogen-bond donors (Lipinski definition) is 1. The third-order valence-electron chi connectivity index (χ3n) is 3.30. The van der Waals surface area contributed by atoms with Gasteiger partial charge in [-0.1, -0.05) is 56.7 Å². The Morgan fingerprint density at radius 2 is 1.74 bits per heavy atom. The van der Waals surface area contributed by atoms with E-state index in [0.717, 1.165) is 13.0 Å². The van der Waals surface area contributed by atoms with Crippen LogP contribution in [0.5, 0.6) is 0 Å². The monoisotopic (exact) mass is 259 g/mol. The zero-order valence-corrected chi connectivity index (χ0v) is 13.4. The fourth-order valence-corrected chi connectivity index (χ4v) is 1.85. The average molecular weight is 259 g/mol. The molecule has 0 fully saturated rings. The largest absolute Gasteiger partial charge is 0.308 e. The Morgan fingerprint density at radius 1 is 1.16 bits per heavy atom. The number of hydrogen-bond acceptors (Lipinski definition) is 1. The highest BCUT2D eigenvalue weighted by atomic mass is 14.9. The van der Waals surface area contributed by atoms with Gasteiger partial charge in [0.25, 0.3) is 0 Å². The van der Waals surface area contributed by atoms with E-state index in [2.05, 4.69) is 77.2 Å². The predicted molar refractivity (Wildman–Crippen MR) is 86.4 cm³/mol. The summed E-state index contributed by atoms with van der Waals surface area (Å²) in [6.45, 7) is 14.3. The van der Waals surface area contributed by atoms with Gasteiger partial charge in [0.15, 0.2) is 0 Å². The van der Waals surface area contributed by atoms with Crippen molar-refractivity contribution in [3.8, 4) is 0 Å². The van der Waals surface area contributed by atoms with Crippen molar-refractivity contribution in [2.24, 2.45) is 5.92 Å². The lowest BCUT2D eigenvalue weighted by Gasteiger charge is -2.23. The van der Waals surface area contributed by atoms with E-state index < -0.39 is 0 Å². The fraction of sp³-hybridized carbons (Fsp3) is 0.556. The summed E-state index contributed by atoms with van der Waals surface area (Å²) < 4.78 is 0. The standard InChI is InChI=1S/C18H29N/c1-7-15-8-10-16(11-9-15)12-17(14(2)3)13-19-18(4,5)6/h8-12,14,19H,7,13H2,1-6H3. The van der Waals surface area contributed by atoms with Gasteiger partial charge >= 0.3 is 0 Å². The second kappa shape index (κ2) is 6.91. The molecule has 0 radical (unpaired) electrons. The Balaban J connectivity index is 2.82. The third-order valence-corrected chi connectivity index (χ3v) is 3.30. The fourth-order valence-electron chi connectivity index (χ4n) is 1.85. The summed E-state index contributed by atoms with van der Waals surface area (Å²) in [5.74, 6) is 0.570. The Labute approximate surface area is 119 Å². The van der Waals surface area contributed by atoms with Crippen LogP contribution in [0.3, 0.4) is 0 Å². The molecular formula is C18H29N.